The Morgan fingerprint density at radius 2 is 2.18 bits per heavy atom. The molecule has 0 heterocycles. The van der Waals surface area contributed by atoms with E-state index in [0.29, 0.717) is 6.61 Å². The second-order valence-corrected chi connectivity index (χ2v) is 3.72. The predicted molar refractivity (Wildman–Crippen MR) is 67.6 cm³/mol. The lowest BCUT2D eigenvalue weighted by Gasteiger charge is -2.12. The summed E-state index contributed by atoms with van der Waals surface area (Å²) >= 11 is 0. The van der Waals surface area contributed by atoms with Crippen molar-refractivity contribution in [2.75, 3.05) is 26.9 Å². The van der Waals surface area contributed by atoms with Crippen molar-refractivity contribution in [3.8, 4) is 11.5 Å². The highest BCUT2D eigenvalue weighted by Crippen LogP contribution is 2.24. The average Bonchev–Trinajstić information content (AvgIpc) is 2.37. The zero-order valence-electron chi connectivity index (χ0n) is 10.5. The van der Waals surface area contributed by atoms with Crippen LogP contribution in [0, 0.1) is 0 Å². The fourth-order valence-corrected chi connectivity index (χ4v) is 1.52. The van der Waals surface area contributed by atoms with Crippen molar-refractivity contribution in [2.45, 2.75) is 19.9 Å². The molecule has 0 spiro atoms. The Hall–Kier alpha value is -1.26. The minimum absolute atomic E-state index is 0.0217. The van der Waals surface area contributed by atoms with Gasteiger partial charge in [-0.25, -0.2) is 0 Å². The van der Waals surface area contributed by atoms with E-state index < -0.39 is 0 Å². The number of ether oxygens (including phenoxy) is 2. The van der Waals surface area contributed by atoms with Gasteiger partial charge >= 0.3 is 0 Å². The highest BCUT2D eigenvalue weighted by Gasteiger charge is 2.05. The van der Waals surface area contributed by atoms with E-state index in [1.807, 2.05) is 18.2 Å². The highest BCUT2D eigenvalue weighted by atomic mass is 16.5. The molecule has 4 heteroatoms. The number of aliphatic hydroxyl groups excluding tert-OH is 1. The number of aliphatic hydroxyl groups is 1. The Labute approximate surface area is 103 Å². The van der Waals surface area contributed by atoms with Crippen molar-refractivity contribution in [3.63, 3.8) is 0 Å². The predicted octanol–water partition coefficient (Wildman–Crippen LogP) is 1.57. The van der Waals surface area contributed by atoms with E-state index in [0.717, 1.165) is 36.6 Å². The first-order chi connectivity index (χ1) is 8.31. The fraction of sp³-hybridized carbons (Fsp3) is 0.538. The molecule has 1 aromatic carbocycles. The molecule has 2 N–H and O–H groups in total. The van der Waals surface area contributed by atoms with Crippen LogP contribution in [0.15, 0.2) is 18.2 Å². The summed E-state index contributed by atoms with van der Waals surface area (Å²) in [5, 5.41) is 12.1. The van der Waals surface area contributed by atoms with Gasteiger partial charge in [0.25, 0.3) is 0 Å². The fourth-order valence-electron chi connectivity index (χ4n) is 1.52. The molecule has 0 saturated heterocycles. The standard InChI is InChI=1S/C13H21NO3/c1-3-6-14-10-11-9-12(16-2)4-5-13(11)17-8-7-15/h4-5,9,14-15H,3,6-8,10H2,1-2H3. The van der Waals surface area contributed by atoms with E-state index in [4.69, 9.17) is 14.6 Å². The maximum atomic E-state index is 8.77. The topological polar surface area (TPSA) is 50.7 Å². The largest absolute Gasteiger partial charge is 0.497 e. The first-order valence-corrected chi connectivity index (χ1v) is 5.93. The molecule has 0 atom stereocenters. The van der Waals surface area contributed by atoms with Gasteiger partial charge < -0.3 is 19.9 Å². The Morgan fingerprint density at radius 3 is 2.82 bits per heavy atom. The minimum atomic E-state index is 0.0217. The van der Waals surface area contributed by atoms with Crippen LogP contribution in [-0.4, -0.2) is 32.0 Å². The maximum Gasteiger partial charge on any atom is 0.124 e. The molecule has 0 unspecified atom stereocenters. The molecule has 0 fully saturated rings. The van der Waals surface area contributed by atoms with Gasteiger partial charge in [-0.1, -0.05) is 6.92 Å². The maximum absolute atomic E-state index is 8.77. The molecule has 0 aliphatic heterocycles. The molecule has 0 saturated carbocycles. The Kier molecular flexibility index (Phi) is 6.43. The molecule has 1 rings (SSSR count). The van der Waals surface area contributed by atoms with Crippen LogP contribution >= 0.6 is 0 Å². The second-order valence-electron chi connectivity index (χ2n) is 3.72. The minimum Gasteiger partial charge on any atom is -0.497 e. The summed E-state index contributed by atoms with van der Waals surface area (Å²) in [6.07, 6.45) is 1.09. The smallest absolute Gasteiger partial charge is 0.124 e. The molecule has 0 aliphatic rings. The van der Waals surface area contributed by atoms with Crippen LogP contribution in [0.4, 0.5) is 0 Å². The number of hydrogen-bond donors (Lipinski definition) is 2. The van der Waals surface area contributed by atoms with E-state index in [1.54, 1.807) is 7.11 Å². The molecule has 96 valence electrons. The molecule has 0 aromatic heterocycles. The van der Waals surface area contributed by atoms with Crippen molar-refractivity contribution < 1.29 is 14.6 Å². The second kappa shape index (κ2) is 7.92. The number of hydrogen-bond acceptors (Lipinski definition) is 4. The van der Waals surface area contributed by atoms with Crippen molar-refractivity contribution in [2.24, 2.45) is 0 Å². The summed E-state index contributed by atoms with van der Waals surface area (Å²) in [7, 11) is 1.65. The summed E-state index contributed by atoms with van der Waals surface area (Å²) in [6.45, 7) is 4.17. The molecule has 17 heavy (non-hydrogen) atoms. The van der Waals surface area contributed by atoms with E-state index >= 15 is 0 Å². The van der Waals surface area contributed by atoms with Crippen LogP contribution in [0.5, 0.6) is 11.5 Å². The van der Waals surface area contributed by atoms with Crippen LogP contribution in [-0.2, 0) is 6.54 Å². The lowest BCUT2D eigenvalue weighted by molar-refractivity contribution is 0.200. The van der Waals surface area contributed by atoms with Gasteiger partial charge in [-0.3, -0.25) is 0 Å². The monoisotopic (exact) mass is 239 g/mol. The van der Waals surface area contributed by atoms with Gasteiger partial charge in [-0.05, 0) is 31.2 Å². The molecule has 0 bridgehead atoms. The summed E-state index contributed by atoms with van der Waals surface area (Å²) in [5.74, 6) is 1.61. The van der Waals surface area contributed by atoms with Gasteiger partial charge in [-0.2, -0.15) is 0 Å². The SMILES string of the molecule is CCCNCc1cc(OC)ccc1OCCO. The molecule has 4 nitrogen and oxygen atoms in total. The zero-order valence-corrected chi connectivity index (χ0v) is 10.5. The average molecular weight is 239 g/mol. The normalized spacial score (nSPS) is 10.3. The van der Waals surface area contributed by atoms with E-state index in [9.17, 15) is 0 Å². The Balaban J connectivity index is 2.71. The third-order valence-corrected chi connectivity index (χ3v) is 2.36. The van der Waals surface area contributed by atoms with Crippen molar-refractivity contribution in [3.05, 3.63) is 23.8 Å². The molecule has 0 aliphatic carbocycles. The van der Waals surface area contributed by atoms with Crippen LogP contribution in [0.2, 0.25) is 0 Å². The summed E-state index contributed by atoms with van der Waals surface area (Å²) in [5.41, 5.74) is 1.05. The molecular formula is C13H21NO3. The van der Waals surface area contributed by atoms with Gasteiger partial charge in [0, 0.05) is 12.1 Å². The van der Waals surface area contributed by atoms with Crippen molar-refractivity contribution >= 4 is 0 Å². The molecule has 1 aromatic rings. The van der Waals surface area contributed by atoms with E-state index in [1.165, 1.54) is 0 Å². The van der Waals surface area contributed by atoms with Crippen LogP contribution in [0.3, 0.4) is 0 Å². The number of methoxy groups -OCH3 is 1. The number of nitrogens with one attached hydrogen (secondary N) is 1. The van der Waals surface area contributed by atoms with Crippen molar-refractivity contribution in [1.82, 2.24) is 5.32 Å². The quantitative estimate of drug-likeness (QED) is 0.676. The van der Waals surface area contributed by atoms with Gasteiger partial charge in [0.05, 0.1) is 13.7 Å². The molecular weight excluding hydrogens is 218 g/mol. The third-order valence-electron chi connectivity index (χ3n) is 2.36. The van der Waals surface area contributed by atoms with E-state index in [-0.39, 0.29) is 6.61 Å². The number of benzene rings is 1. The summed E-state index contributed by atoms with van der Waals surface area (Å²) in [4.78, 5) is 0. The van der Waals surface area contributed by atoms with Gasteiger partial charge in [0.15, 0.2) is 0 Å². The van der Waals surface area contributed by atoms with Crippen LogP contribution in [0.1, 0.15) is 18.9 Å². The zero-order chi connectivity index (χ0) is 12.5. The Bertz CT molecular complexity index is 328. The lowest BCUT2D eigenvalue weighted by Crippen LogP contribution is -2.15. The van der Waals surface area contributed by atoms with Crippen LogP contribution < -0.4 is 14.8 Å². The summed E-state index contributed by atoms with van der Waals surface area (Å²) in [6, 6.07) is 5.68. The summed E-state index contributed by atoms with van der Waals surface area (Å²) < 4.78 is 10.7. The third kappa shape index (κ3) is 4.63. The van der Waals surface area contributed by atoms with E-state index in [2.05, 4.69) is 12.2 Å². The van der Waals surface area contributed by atoms with Gasteiger partial charge in [0.1, 0.15) is 18.1 Å². The Morgan fingerprint density at radius 1 is 1.35 bits per heavy atom. The first kappa shape index (κ1) is 13.8. The first-order valence-electron chi connectivity index (χ1n) is 5.93. The number of rotatable bonds is 8. The lowest BCUT2D eigenvalue weighted by atomic mass is 10.2. The highest BCUT2D eigenvalue weighted by molar-refractivity contribution is 5.40. The van der Waals surface area contributed by atoms with Crippen molar-refractivity contribution in [1.29, 1.82) is 0 Å². The molecule has 0 amide bonds. The van der Waals surface area contributed by atoms with Gasteiger partial charge in [-0.15, -0.1) is 0 Å². The van der Waals surface area contributed by atoms with Gasteiger partial charge in [0.2, 0.25) is 0 Å². The van der Waals surface area contributed by atoms with Crippen LogP contribution in [0.25, 0.3) is 0 Å². The molecule has 0 radical (unpaired) electrons.